The number of epoxide rings is 1. The van der Waals surface area contributed by atoms with Crippen LogP contribution in [0.5, 0.6) is 0 Å². The molecule has 0 unspecified atom stereocenters. The van der Waals surface area contributed by atoms with Crippen molar-refractivity contribution in [2.45, 2.75) is 71.5 Å². The normalized spacial score (nSPS) is 41.6. The fraction of sp³-hybridized carbons (Fsp3) is 0.800. The van der Waals surface area contributed by atoms with Gasteiger partial charge in [-0.3, -0.25) is 0 Å². The van der Waals surface area contributed by atoms with Gasteiger partial charge >= 0.3 is 0 Å². The van der Waals surface area contributed by atoms with Crippen molar-refractivity contribution < 1.29 is 9.84 Å². The lowest BCUT2D eigenvalue weighted by Gasteiger charge is -2.33. The van der Waals surface area contributed by atoms with Gasteiger partial charge in [-0.15, -0.1) is 0 Å². The predicted molar refractivity (Wildman–Crippen MR) is 90.6 cm³/mol. The van der Waals surface area contributed by atoms with Crippen LogP contribution in [0.15, 0.2) is 23.3 Å². The summed E-state index contributed by atoms with van der Waals surface area (Å²) < 4.78 is 5.91. The zero-order valence-corrected chi connectivity index (χ0v) is 14.6. The molecule has 0 aromatic carbocycles. The molecule has 0 radical (unpaired) electrons. The van der Waals surface area contributed by atoms with E-state index in [0.717, 1.165) is 32.3 Å². The van der Waals surface area contributed by atoms with Crippen molar-refractivity contribution in [1.29, 1.82) is 0 Å². The Morgan fingerprint density at radius 1 is 1.50 bits per heavy atom. The van der Waals surface area contributed by atoms with Crippen molar-refractivity contribution in [3.63, 3.8) is 0 Å². The molecular weight excluding hydrogens is 272 g/mol. The topological polar surface area (TPSA) is 32.8 Å². The van der Waals surface area contributed by atoms with Gasteiger partial charge < -0.3 is 9.84 Å². The first-order valence-corrected chi connectivity index (χ1v) is 9.06. The second kappa shape index (κ2) is 6.13. The summed E-state index contributed by atoms with van der Waals surface area (Å²) in [6.45, 7) is 9.79. The lowest BCUT2D eigenvalue weighted by Crippen LogP contribution is -2.36. The van der Waals surface area contributed by atoms with Crippen LogP contribution in [0.3, 0.4) is 0 Å². The molecule has 2 aliphatic carbocycles. The molecule has 1 spiro atoms. The van der Waals surface area contributed by atoms with Crippen LogP contribution in [-0.4, -0.2) is 23.4 Å². The van der Waals surface area contributed by atoms with Gasteiger partial charge in [0, 0.05) is 11.8 Å². The first-order valence-electron chi connectivity index (χ1n) is 9.06. The predicted octanol–water partition coefficient (Wildman–Crippen LogP) is 4.49. The molecule has 1 saturated carbocycles. The van der Waals surface area contributed by atoms with E-state index in [2.05, 4.69) is 39.8 Å². The molecule has 1 saturated heterocycles. The van der Waals surface area contributed by atoms with Crippen LogP contribution in [-0.2, 0) is 4.74 Å². The third-order valence-electron chi connectivity index (χ3n) is 6.46. The molecule has 6 atom stereocenters. The van der Waals surface area contributed by atoms with Gasteiger partial charge in [-0.25, -0.2) is 0 Å². The summed E-state index contributed by atoms with van der Waals surface area (Å²) in [7, 11) is 0. The number of aliphatic hydroxyl groups excluding tert-OH is 1. The van der Waals surface area contributed by atoms with Crippen molar-refractivity contribution in [3.05, 3.63) is 23.3 Å². The summed E-state index contributed by atoms with van der Waals surface area (Å²) in [5, 5.41) is 11.1. The SMILES string of the molecule is CC(C)=CCC[C@@H](C)[C@@H]1CC[C@]2(CO2)[C@@H]2CC=C(C)[C@H]2[C@@H]1O. The van der Waals surface area contributed by atoms with Gasteiger partial charge in [0.1, 0.15) is 0 Å². The van der Waals surface area contributed by atoms with Crippen LogP contribution in [0.1, 0.15) is 59.8 Å². The quantitative estimate of drug-likeness (QED) is 0.613. The van der Waals surface area contributed by atoms with E-state index in [1.54, 1.807) is 0 Å². The number of hydrogen-bond acceptors (Lipinski definition) is 2. The average Bonchev–Trinajstić information content (AvgIpc) is 3.15. The van der Waals surface area contributed by atoms with Crippen LogP contribution in [0.25, 0.3) is 0 Å². The fourth-order valence-corrected chi connectivity index (χ4v) is 4.92. The van der Waals surface area contributed by atoms with E-state index >= 15 is 0 Å². The Kier molecular flexibility index (Phi) is 4.53. The van der Waals surface area contributed by atoms with Crippen LogP contribution in [0.4, 0.5) is 0 Å². The van der Waals surface area contributed by atoms with E-state index in [-0.39, 0.29) is 11.7 Å². The first-order chi connectivity index (χ1) is 10.4. The maximum absolute atomic E-state index is 11.1. The number of hydrogen-bond donors (Lipinski definition) is 1. The Bertz CT molecular complexity index is 468. The summed E-state index contributed by atoms with van der Waals surface area (Å²) in [4.78, 5) is 0. The van der Waals surface area contributed by atoms with E-state index in [1.165, 1.54) is 17.6 Å². The Labute approximate surface area is 135 Å². The van der Waals surface area contributed by atoms with E-state index in [0.29, 0.717) is 23.7 Å². The van der Waals surface area contributed by atoms with Crippen LogP contribution >= 0.6 is 0 Å². The third kappa shape index (κ3) is 2.92. The maximum atomic E-state index is 11.1. The fourth-order valence-electron chi connectivity index (χ4n) is 4.92. The lowest BCUT2D eigenvalue weighted by atomic mass is 9.75. The minimum atomic E-state index is -0.186. The van der Waals surface area contributed by atoms with Gasteiger partial charge in [0.05, 0.1) is 18.3 Å². The highest BCUT2D eigenvalue weighted by Crippen LogP contribution is 2.55. The standard InChI is InChI=1S/C20H32O2/c1-13(2)6-5-7-14(3)16-10-11-20(12-22-20)17-9-8-15(4)18(17)19(16)21/h6,8,14,16-19,21H,5,7,9-12H2,1-4H3/t14-,16+,17-,18-,19-,20+/m1/s1. The third-order valence-corrected chi connectivity index (χ3v) is 6.46. The molecule has 2 heteroatoms. The van der Waals surface area contributed by atoms with Gasteiger partial charge in [0.25, 0.3) is 0 Å². The number of aliphatic hydroxyl groups is 1. The van der Waals surface area contributed by atoms with Crippen molar-refractivity contribution in [2.75, 3.05) is 6.61 Å². The highest BCUT2D eigenvalue weighted by Gasteiger charge is 2.59. The van der Waals surface area contributed by atoms with Gasteiger partial charge in [0.2, 0.25) is 0 Å². The van der Waals surface area contributed by atoms with Crippen LogP contribution in [0.2, 0.25) is 0 Å². The minimum Gasteiger partial charge on any atom is -0.392 e. The smallest absolute Gasteiger partial charge is 0.0954 e. The molecule has 2 fully saturated rings. The largest absolute Gasteiger partial charge is 0.392 e. The van der Waals surface area contributed by atoms with E-state index < -0.39 is 0 Å². The number of fused-ring (bicyclic) bond motifs is 2. The molecule has 0 bridgehead atoms. The Morgan fingerprint density at radius 3 is 2.86 bits per heavy atom. The monoisotopic (exact) mass is 304 g/mol. The zero-order chi connectivity index (χ0) is 15.9. The Hall–Kier alpha value is -0.600. The first kappa shape index (κ1) is 16.3. The number of ether oxygens (including phenoxy) is 1. The highest BCUT2D eigenvalue weighted by molar-refractivity contribution is 5.22. The molecule has 0 amide bonds. The van der Waals surface area contributed by atoms with Crippen molar-refractivity contribution >= 4 is 0 Å². The Morgan fingerprint density at radius 2 is 2.23 bits per heavy atom. The molecule has 1 heterocycles. The van der Waals surface area contributed by atoms with Gasteiger partial charge in [-0.05, 0) is 64.7 Å². The lowest BCUT2D eigenvalue weighted by molar-refractivity contribution is 0.0234. The summed E-state index contributed by atoms with van der Waals surface area (Å²) in [6.07, 6.45) is 10.2. The zero-order valence-electron chi connectivity index (χ0n) is 14.6. The molecule has 1 N–H and O–H groups in total. The minimum absolute atomic E-state index is 0.105. The summed E-state index contributed by atoms with van der Waals surface area (Å²) in [6, 6.07) is 0. The van der Waals surface area contributed by atoms with E-state index in [9.17, 15) is 5.11 Å². The molecule has 1 aliphatic heterocycles. The Balaban J connectivity index is 1.72. The van der Waals surface area contributed by atoms with Crippen molar-refractivity contribution in [1.82, 2.24) is 0 Å². The van der Waals surface area contributed by atoms with Crippen molar-refractivity contribution in [3.8, 4) is 0 Å². The molecule has 0 aromatic rings. The molecule has 3 aliphatic rings. The van der Waals surface area contributed by atoms with Gasteiger partial charge in [-0.2, -0.15) is 0 Å². The molecule has 2 nitrogen and oxygen atoms in total. The summed E-state index contributed by atoms with van der Waals surface area (Å²) >= 11 is 0. The average molecular weight is 304 g/mol. The maximum Gasteiger partial charge on any atom is 0.0954 e. The second-order valence-electron chi connectivity index (χ2n) is 8.20. The number of allylic oxidation sites excluding steroid dienone is 3. The van der Waals surface area contributed by atoms with Crippen molar-refractivity contribution in [2.24, 2.45) is 23.7 Å². The van der Waals surface area contributed by atoms with E-state index in [4.69, 9.17) is 4.74 Å². The molecule has 0 aromatic heterocycles. The highest BCUT2D eigenvalue weighted by atomic mass is 16.6. The van der Waals surface area contributed by atoms with Gasteiger partial charge in [-0.1, -0.05) is 30.2 Å². The van der Waals surface area contributed by atoms with E-state index in [1.807, 2.05) is 0 Å². The molecule has 124 valence electrons. The molecule has 22 heavy (non-hydrogen) atoms. The second-order valence-corrected chi connectivity index (χ2v) is 8.20. The summed E-state index contributed by atoms with van der Waals surface area (Å²) in [5.74, 6) is 1.86. The number of rotatable bonds is 4. The molecular formula is C20H32O2. The molecule has 3 rings (SSSR count). The van der Waals surface area contributed by atoms with Crippen LogP contribution < -0.4 is 0 Å². The van der Waals surface area contributed by atoms with Crippen LogP contribution in [0, 0.1) is 23.7 Å². The van der Waals surface area contributed by atoms with Gasteiger partial charge in [0.15, 0.2) is 0 Å². The summed E-state index contributed by atoms with van der Waals surface area (Å²) in [5.41, 5.74) is 2.90.